The zero-order valence-electron chi connectivity index (χ0n) is 14.6. The molecule has 0 saturated heterocycles. The summed E-state index contributed by atoms with van der Waals surface area (Å²) in [7, 11) is 2.08. The van der Waals surface area contributed by atoms with Gasteiger partial charge in [0.05, 0.1) is 0 Å². The van der Waals surface area contributed by atoms with E-state index in [-0.39, 0.29) is 18.4 Å². The highest BCUT2D eigenvalue weighted by atomic mass is 35.5. The van der Waals surface area contributed by atoms with E-state index in [4.69, 9.17) is 4.99 Å². The molecule has 1 aliphatic rings. The van der Waals surface area contributed by atoms with Crippen LogP contribution in [-0.4, -0.2) is 12.9 Å². The summed E-state index contributed by atoms with van der Waals surface area (Å²) in [5.74, 6) is 0.969. The molecule has 4 rings (SSSR count). The molecule has 130 valence electrons. The van der Waals surface area contributed by atoms with E-state index in [1.165, 1.54) is 22.4 Å². The number of fused-ring (bicyclic) bond motifs is 1. The Hall–Kier alpha value is -2.84. The van der Waals surface area contributed by atoms with Gasteiger partial charge in [-0.1, -0.05) is 84.9 Å². The van der Waals surface area contributed by atoms with Crippen molar-refractivity contribution < 1.29 is 0 Å². The van der Waals surface area contributed by atoms with Gasteiger partial charge in [-0.3, -0.25) is 4.99 Å². The van der Waals surface area contributed by atoms with Gasteiger partial charge in [0.25, 0.3) is 0 Å². The summed E-state index contributed by atoms with van der Waals surface area (Å²) in [5.41, 5.74) is 4.84. The highest BCUT2D eigenvalue weighted by molar-refractivity contribution is 6.09. The normalized spacial score (nSPS) is 16.0. The number of rotatable bonds is 3. The Morgan fingerprint density at radius 2 is 1.38 bits per heavy atom. The quantitative estimate of drug-likeness (QED) is 0.579. The lowest BCUT2D eigenvalue weighted by atomic mass is 9.95. The van der Waals surface area contributed by atoms with E-state index in [0.717, 1.165) is 5.84 Å². The summed E-state index contributed by atoms with van der Waals surface area (Å²) in [6.45, 7) is 0. The van der Waals surface area contributed by atoms with Gasteiger partial charge >= 0.3 is 0 Å². The molecule has 0 N–H and O–H groups in total. The number of halogens is 1. The molecule has 0 saturated carbocycles. The van der Waals surface area contributed by atoms with E-state index in [1.54, 1.807) is 0 Å². The van der Waals surface area contributed by atoms with Gasteiger partial charge in [-0.05, 0) is 23.3 Å². The van der Waals surface area contributed by atoms with Crippen molar-refractivity contribution in [3.63, 3.8) is 0 Å². The molecule has 3 heteroatoms. The van der Waals surface area contributed by atoms with Crippen LogP contribution in [0.5, 0.6) is 0 Å². The molecule has 0 aromatic heterocycles. The van der Waals surface area contributed by atoms with Gasteiger partial charge < -0.3 is 4.90 Å². The number of nitrogens with zero attached hydrogens (tertiary/aromatic N) is 2. The van der Waals surface area contributed by atoms with E-state index in [1.807, 2.05) is 24.3 Å². The molecular formula is C23H21ClN2. The van der Waals surface area contributed by atoms with E-state index in [9.17, 15) is 0 Å². The van der Waals surface area contributed by atoms with E-state index >= 15 is 0 Å². The van der Waals surface area contributed by atoms with Crippen molar-refractivity contribution in [3.8, 4) is 0 Å². The lowest BCUT2D eigenvalue weighted by Gasteiger charge is -2.31. The number of hydrogen-bond acceptors (Lipinski definition) is 2. The molecule has 0 aliphatic carbocycles. The number of amidine groups is 1. The summed E-state index contributed by atoms with van der Waals surface area (Å²) in [6, 6.07) is 29.4. The van der Waals surface area contributed by atoms with Gasteiger partial charge in [-0.25, -0.2) is 0 Å². The number of aliphatic imine (C=N–C) groups is 1. The number of likely N-dealkylation sites (N-methyl/N-ethyl adjacent to an activating group) is 1. The van der Waals surface area contributed by atoms with Crippen molar-refractivity contribution in [1.29, 1.82) is 0 Å². The largest absolute Gasteiger partial charge is 0.329 e. The van der Waals surface area contributed by atoms with Crippen LogP contribution < -0.4 is 4.90 Å². The van der Waals surface area contributed by atoms with Crippen LogP contribution in [0, 0.1) is 0 Å². The van der Waals surface area contributed by atoms with Crippen LogP contribution in [0.3, 0.4) is 0 Å². The van der Waals surface area contributed by atoms with Crippen LogP contribution in [0.1, 0.15) is 22.7 Å². The highest BCUT2D eigenvalue weighted by Crippen LogP contribution is 2.37. The zero-order valence-corrected chi connectivity index (χ0v) is 15.4. The van der Waals surface area contributed by atoms with Crippen LogP contribution in [-0.2, 0) is 0 Å². The van der Waals surface area contributed by atoms with Crippen LogP contribution in [0.15, 0.2) is 96.0 Å². The summed E-state index contributed by atoms with van der Waals surface area (Å²) in [6.07, 6.45) is 4.21. The fourth-order valence-electron chi connectivity index (χ4n) is 3.22. The molecule has 0 amide bonds. The van der Waals surface area contributed by atoms with Gasteiger partial charge in [0.2, 0.25) is 0 Å². The predicted molar refractivity (Wildman–Crippen MR) is 113 cm³/mol. The Balaban J connectivity index is 0.00000196. The standard InChI is InChI=1S/C23H20N2.ClH/c1-25-21-15-9-8-14-20(21)23(19-12-6-3-7-13-19)24-22(25)17-16-18-10-4-2-5-11-18;/h2-17,23H,1H3;1H. The van der Waals surface area contributed by atoms with Crippen molar-refractivity contribution in [2.45, 2.75) is 6.04 Å². The molecule has 1 heterocycles. The molecule has 0 fully saturated rings. The van der Waals surface area contributed by atoms with Crippen molar-refractivity contribution in [1.82, 2.24) is 0 Å². The van der Waals surface area contributed by atoms with Crippen LogP contribution in [0.25, 0.3) is 6.08 Å². The van der Waals surface area contributed by atoms with E-state index in [0.29, 0.717) is 0 Å². The van der Waals surface area contributed by atoms with E-state index < -0.39 is 0 Å². The second kappa shape index (κ2) is 8.03. The molecular weight excluding hydrogens is 340 g/mol. The third kappa shape index (κ3) is 3.56. The molecule has 3 aromatic carbocycles. The summed E-state index contributed by atoms with van der Waals surface area (Å²) >= 11 is 0. The minimum atomic E-state index is 0. The summed E-state index contributed by atoms with van der Waals surface area (Å²) in [4.78, 5) is 7.21. The number of hydrogen-bond donors (Lipinski definition) is 0. The lowest BCUT2D eigenvalue weighted by molar-refractivity contribution is 0.846. The topological polar surface area (TPSA) is 15.6 Å². The monoisotopic (exact) mass is 360 g/mol. The molecule has 0 bridgehead atoms. The Bertz CT molecular complexity index is 917. The Labute approximate surface area is 160 Å². The molecule has 1 atom stereocenters. The first-order chi connectivity index (χ1) is 12.3. The fraction of sp³-hybridized carbons (Fsp3) is 0.0870. The third-order valence-electron chi connectivity index (χ3n) is 4.54. The first-order valence-corrected chi connectivity index (χ1v) is 8.51. The molecule has 0 spiro atoms. The van der Waals surface area contributed by atoms with Crippen LogP contribution in [0.2, 0.25) is 0 Å². The molecule has 1 unspecified atom stereocenters. The van der Waals surface area contributed by atoms with Crippen LogP contribution in [0.4, 0.5) is 5.69 Å². The predicted octanol–water partition coefficient (Wildman–Crippen LogP) is 5.76. The summed E-state index contributed by atoms with van der Waals surface area (Å²) < 4.78 is 0. The van der Waals surface area contributed by atoms with Crippen molar-refractivity contribution in [3.05, 3.63) is 108 Å². The molecule has 26 heavy (non-hydrogen) atoms. The average Bonchev–Trinajstić information content (AvgIpc) is 2.69. The maximum Gasteiger partial charge on any atom is 0.128 e. The van der Waals surface area contributed by atoms with Crippen molar-refractivity contribution in [2.75, 3.05) is 11.9 Å². The Kier molecular flexibility index (Phi) is 5.55. The Morgan fingerprint density at radius 1 is 0.769 bits per heavy atom. The smallest absolute Gasteiger partial charge is 0.128 e. The van der Waals surface area contributed by atoms with Gasteiger partial charge in [0.15, 0.2) is 0 Å². The number of anilines is 1. The molecule has 0 radical (unpaired) electrons. The molecule has 2 nitrogen and oxygen atoms in total. The minimum absolute atomic E-state index is 0. The SMILES string of the molecule is CN1C(C=Cc2ccccc2)=NC(c2ccccc2)c2ccccc21.Cl. The lowest BCUT2D eigenvalue weighted by Crippen LogP contribution is -2.30. The number of para-hydroxylation sites is 1. The highest BCUT2D eigenvalue weighted by Gasteiger charge is 2.24. The second-order valence-electron chi connectivity index (χ2n) is 6.16. The maximum atomic E-state index is 5.05. The average molecular weight is 361 g/mol. The van der Waals surface area contributed by atoms with Gasteiger partial charge in [0, 0.05) is 18.3 Å². The zero-order chi connectivity index (χ0) is 17.1. The fourth-order valence-corrected chi connectivity index (χ4v) is 3.22. The van der Waals surface area contributed by atoms with Crippen molar-refractivity contribution in [2.24, 2.45) is 4.99 Å². The minimum Gasteiger partial charge on any atom is -0.329 e. The third-order valence-corrected chi connectivity index (χ3v) is 4.54. The molecule has 1 aliphatic heterocycles. The first kappa shape index (κ1) is 18.0. The molecule has 3 aromatic rings. The summed E-state index contributed by atoms with van der Waals surface area (Å²) in [5, 5.41) is 0. The van der Waals surface area contributed by atoms with E-state index in [2.05, 4.69) is 84.8 Å². The second-order valence-corrected chi connectivity index (χ2v) is 6.16. The maximum absolute atomic E-state index is 5.05. The number of benzene rings is 3. The Morgan fingerprint density at radius 3 is 2.12 bits per heavy atom. The van der Waals surface area contributed by atoms with Crippen molar-refractivity contribution >= 4 is 30.0 Å². The van der Waals surface area contributed by atoms with Gasteiger partial charge in [-0.15, -0.1) is 12.4 Å². The van der Waals surface area contributed by atoms with Crippen LogP contribution >= 0.6 is 12.4 Å². The van der Waals surface area contributed by atoms with Gasteiger partial charge in [-0.2, -0.15) is 0 Å². The first-order valence-electron chi connectivity index (χ1n) is 8.51. The van der Waals surface area contributed by atoms with Gasteiger partial charge in [0.1, 0.15) is 11.9 Å².